The summed E-state index contributed by atoms with van der Waals surface area (Å²) in [6.07, 6.45) is 2.35. The number of anilines is 1. The number of hydrogen-bond donors (Lipinski definition) is 1. The standard InChI is InChI=1S/C25H26N2O/c1-19-8-10-20(11-9-19)17-26-25(28)23-14-12-21(13-15-23)18-27-16-4-6-22-5-2-3-7-24(22)27/h2-3,5,7-15H,4,6,16-18H2,1H3,(H,26,28). The smallest absolute Gasteiger partial charge is 0.251 e. The first kappa shape index (κ1) is 18.3. The molecule has 4 rings (SSSR count). The van der Waals surface area contributed by atoms with Crippen molar-refractivity contribution in [3.63, 3.8) is 0 Å². The zero-order valence-corrected chi connectivity index (χ0v) is 16.3. The molecule has 0 unspecified atom stereocenters. The lowest BCUT2D eigenvalue weighted by Gasteiger charge is -2.31. The van der Waals surface area contributed by atoms with Crippen LogP contribution in [0, 0.1) is 6.92 Å². The van der Waals surface area contributed by atoms with Gasteiger partial charge in [-0.1, -0.05) is 60.2 Å². The minimum Gasteiger partial charge on any atom is -0.367 e. The number of nitrogens with one attached hydrogen (secondary N) is 1. The second-order valence-electron chi connectivity index (χ2n) is 7.52. The summed E-state index contributed by atoms with van der Waals surface area (Å²) < 4.78 is 0. The zero-order chi connectivity index (χ0) is 19.3. The molecule has 3 heteroatoms. The van der Waals surface area contributed by atoms with Gasteiger partial charge in [-0.25, -0.2) is 0 Å². The van der Waals surface area contributed by atoms with Crippen LogP contribution in [0.3, 0.4) is 0 Å². The number of fused-ring (bicyclic) bond motifs is 1. The summed E-state index contributed by atoms with van der Waals surface area (Å²) in [5, 5.41) is 3.00. The predicted molar refractivity (Wildman–Crippen MR) is 115 cm³/mol. The van der Waals surface area contributed by atoms with Crippen LogP contribution in [0.5, 0.6) is 0 Å². The second-order valence-corrected chi connectivity index (χ2v) is 7.52. The summed E-state index contributed by atoms with van der Waals surface area (Å²) in [7, 11) is 0. The van der Waals surface area contributed by atoms with E-state index in [4.69, 9.17) is 0 Å². The third kappa shape index (κ3) is 4.25. The topological polar surface area (TPSA) is 32.3 Å². The van der Waals surface area contributed by atoms with Crippen LogP contribution < -0.4 is 10.2 Å². The molecule has 3 nitrogen and oxygen atoms in total. The van der Waals surface area contributed by atoms with E-state index in [-0.39, 0.29) is 5.91 Å². The Morgan fingerprint density at radius 2 is 1.64 bits per heavy atom. The fourth-order valence-electron chi connectivity index (χ4n) is 3.75. The van der Waals surface area contributed by atoms with Crippen LogP contribution in [0.4, 0.5) is 5.69 Å². The molecule has 1 aliphatic heterocycles. The number of nitrogens with zero attached hydrogens (tertiary/aromatic N) is 1. The van der Waals surface area contributed by atoms with Gasteiger partial charge in [0.05, 0.1) is 0 Å². The summed E-state index contributed by atoms with van der Waals surface area (Å²) >= 11 is 0. The fraction of sp³-hybridized carbons (Fsp3) is 0.240. The molecular weight excluding hydrogens is 344 g/mol. The third-order valence-electron chi connectivity index (χ3n) is 5.37. The van der Waals surface area contributed by atoms with Crippen LogP contribution in [0.15, 0.2) is 72.8 Å². The lowest BCUT2D eigenvalue weighted by atomic mass is 10.0. The third-order valence-corrected chi connectivity index (χ3v) is 5.37. The van der Waals surface area contributed by atoms with Crippen molar-refractivity contribution < 1.29 is 4.79 Å². The van der Waals surface area contributed by atoms with Gasteiger partial charge in [0, 0.05) is 30.9 Å². The molecular formula is C25H26N2O. The van der Waals surface area contributed by atoms with Gasteiger partial charge in [0.15, 0.2) is 0 Å². The van der Waals surface area contributed by atoms with Crippen molar-refractivity contribution in [2.45, 2.75) is 32.9 Å². The Morgan fingerprint density at radius 1 is 0.929 bits per heavy atom. The highest BCUT2D eigenvalue weighted by Gasteiger charge is 2.16. The molecule has 0 radical (unpaired) electrons. The van der Waals surface area contributed by atoms with Crippen LogP contribution in [0.25, 0.3) is 0 Å². The largest absolute Gasteiger partial charge is 0.367 e. The van der Waals surface area contributed by atoms with E-state index < -0.39 is 0 Å². The Hall–Kier alpha value is -3.07. The highest BCUT2D eigenvalue weighted by molar-refractivity contribution is 5.94. The van der Waals surface area contributed by atoms with Gasteiger partial charge in [-0.05, 0) is 54.7 Å². The molecule has 28 heavy (non-hydrogen) atoms. The number of carbonyl (C=O) groups is 1. The predicted octanol–water partition coefficient (Wildman–Crippen LogP) is 4.88. The molecule has 0 aromatic heterocycles. The van der Waals surface area contributed by atoms with E-state index in [9.17, 15) is 4.79 Å². The Morgan fingerprint density at radius 3 is 2.43 bits per heavy atom. The van der Waals surface area contributed by atoms with Gasteiger partial charge in [0.1, 0.15) is 0 Å². The van der Waals surface area contributed by atoms with Crippen molar-refractivity contribution >= 4 is 11.6 Å². The van der Waals surface area contributed by atoms with E-state index >= 15 is 0 Å². The average Bonchev–Trinajstić information content (AvgIpc) is 2.74. The van der Waals surface area contributed by atoms with Crippen LogP contribution in [0.1, 0.15) is 39.0 Å². The van der Waals surface area contributed by atoms with Crippen molar-refractivity contribution in [2.24, 2.45) is 0 Å². The lowest BCUT2D eigenvalue weighted by molar-refractivity contribution is 0.0951. The SMILES string of the molecule is Cc1ccc(CNC(=O)c2ccc(CN3CCCc4ccccc43)cc2)cc1. The van der Waals surface area contributed by atoms with Crippen LogP contribution in [0.2, 0.25) is 0 Å². The molecule has 0 fully saturated rings. The monoisotopic (exact) mass is 370 g/mol. The molecule has 1 amide bonds. The number of amides is 1. The van der Waals surface area contributed by atoms with Crippen molar-refractivity contribution in [1.82, 2.24) is 5.32 Å². The molecule has 1 N–H and O–H groups in total. The first-order chi connectivity index (χ1) is 13.7. The number of rotatable bonds is 5. The van der Waals surface area contributed by atoms with Gasteiger partial charge in [-0.3, -0.25) is 4.79 Å². The molecule has 0 saturated carbocycles. The van der Waals surface area contributed by atoms with E-state index in [0.29, 0.717) is 12.1 Å². The summed E-state index contributed by atoms with van der Waals surface area (Å²) in [5.74, 6) is -0.0320. The number of hydrogen-bond acceptors (Lipinski definition) is 2. The molecule has 3 aromatic carbocycles. The molecule has 1 aliphatic rings. The van der Waals surface area contributed by atoms with Gasteiger partial charge in [-0.15, -0.1) is 0 Å². The number of aryl methyl sites for hydroxylation is 2. The van der Waals surface area contributed by atoms with E-state index in [1.165, 1.54) is 28.8 Å². The van der Waals surface area contributed by atoms with Crippen molar-refractivity contribution in [3.8, 4) is 0 Å². The summed E-state index contributed by atoms with van der Waals surface area (Å²) in [5.41, 5.74) is 7.04. The van der Waals surface area contributed by atoms with E-state index in [1.54, 1.807) is 0 Å². The molecule has 0 spiro atoms. The number of para-hydroxylation sites is 1. The minimum absolute atomic E-state index is 0.0320. The highest BCUT2D eigenvalue weighted by atomic mass is 16.1. The van der Waals surface area contributed by atoms with Crippen molar-refractivity contribution in [3.05, 3.63) is 101 Å². The molecule has 1 heterocycles. The Labute approximate surface area is 167 Å². The van der Waals surface area contributed by atoms with Crippen LogP contribution in [-0.2, 0) is 19.5 Å². The Balaban J connectivity index is 1.37. The first-order valence-corrected chi connectivity index (χ1v) is 9.94. The molecule has 0 bridgehead atoms. The summed E-state index contributed by atoms with van der Waals surface area (Å²) in [6.45, 7) is 4.57. The van der Waals surface area contributed by atoms with Gasteiger partial charge in [-0.2, -0.15) is 0 Å². The molecule has 3 aromatic rings. The maximum atomic E-state index is 12.4. The van der Waals surface area contributed by atoms with E-state index in [2.05, 4.69) is 77.8 Å². The van der Waals surface area contributed by atoms with Crippen molar-refractivity contribution in [1.29, 1.82) is 0 Å². The van der Waals surface area contributed by atoms with Gasteiger partial charge in [0.2, 0.25) is 0 Å². The minimum atomic E-state index is -0.0320. The summed E-state index contributed by atoms with van der Waals surface area (Å²) in [4.78, 5) is 14.9. The van der Waals surface area contributed by atoms with E-state index in [1.807, 2.05) is 12.1 Å². The van der Waals surface area contributed by atoms with Gasteiger partial charge >= 0.3 is 0 Å². The number of carbonyl (C=O) groups excluding carboxylic acids is 1. The highest BCUT2D eigenvalue weighted by Crippen LogP contribution is 2.28. The van der Waals surface area contributed by atoms with Crippen molar-refractivity contribution in [2.75, 3.05) is 11.4 Å². The zero-order valence-electron chi connectivity index (χ0n) is 16.3. The first-order valence-electron chi connectivity index (χ1n) is 9.94. The fourth-order valence-corrected chi connectivity index (χ4v) is 3.75. The van der Waals surface area contributed by atoms with Crippen LogP contribution in [-0.4, -0.2) is 12.5 Å². The maximum Gasteiger partial charge on any atom is 0.251 e. The average molecular weight is 370 g/mol. The molecule has 0 saturated heterocycles. The quantitative estimate of drug-likeness (QED) is 0.694. The Bertz CT molecular complexity index is 945. The van der Waals surface area contributed by atoms with Crippen LogP contribution >= 0.6 is 0 Å². The Kier molecular flexibility index (Phi) is 5.43. The van der Waals surface area contributed by atoms with E-state index in [0.717, 1.165) is 25.1 Å². The normalized spacial score (nSPS) is 13.1. The molecule has 0 atom stereocenters. The van der Waals surface area contributed by atoms with Gasteiger partial charge < -0.3 is 10.2 Å². The molecule has 0 aliphatic carbocycles. The van der Waals surface area contributed by atoms with Gasteiger partial charge in [0.25, 0.3) is 5.91 Å². The maximum absolute atomic E-state index is 12.4. The second kappa shape index (κ2) is 8.30. The molecule has 142 valence electrons. The lowest BCUT2D eigenvalue weighted by Crippen LogP contribution is -2.28. The number of benzene rings is 3. The summed E-state index contributed by atoms with van der Waals surface area (Å²) in [6, 6.07) is 24.9.